The smallest absolute Gasteiger partial charge is 0.416 e. The second-order valence-corrected chi connectivity index (χ2v) is 22.0. The standard InChI is InChI=1S/C23H22F12N2O5S2.C14H18F6N2O3S/c1-37(2,38)5-3-4-36(43(39,40)12-14-6-16(20(24,25)26)10-17(7-14)21(27,28)29)44(41,42)13-15-8-18(22(30,31)32)11-19(9-15)23(33,34)35;1-22(2,23)5-3-4-21-26(24,25)9-10-6-11(13(15,16)17)8-12(7-10)14(18,19)20/h6-11H,3-5,12-13H2,1-2H3;6-8,21H,3-5,9H2,1-2H3. The van der Waals surface area contributed by atoms with Crippen LogP contribution in [0.2, 0.25) is 0 Å². The van der Waals surface area contributed by atoms with Gasteiger partial charge >= 0.3 is 37.1 Å². The minimum absolute atomic E-state index is 0.00234. The Bertz CT molecular complexity index is 2410. The van der Waals surface area contributed by atoms with Gasteiger partial charge in [0.1, 0.15) is 0 Å². The van der Waals surface area contributed by atoms with Crippen LogP contribution in [-0.2, 0) is 84.4 Å². The molecule has 0 atom stereocenters. The Labute approximate surface area is 387 Å². The maximum Gasteiger partial charge on any atom is 0.416 e. The quantitative estimate of drug-likeness (QED) is 0.0605. The summed E-state index contributed by atoms with van der Waals surface area (Å²) in [5, 5.41) is 23.2. The predicted molar refractivity (Wildman–Crippen MR) is 212 cm³/mol. The van der Waals surface area contributed by atoms with E-state index in [0.29, 0.717) is 12.1 Å². The molecule has 400 valence electrons. The average Bonchev–Trinajstić information content (AvgIpc) is 3.11. The lowest BCUT2D eigenvalue weighted by Gasteiger charge is -2.34. The molecular weight excluding hydrogens is 1070 g/mol. The Morgan fingerprint density at radius 3 is 0.914 bits per heavy atom. The lowest BCUT2D eigenvalue weighted by atomic mass is 10.1. The molecule has 70 heavy (non-hydrogen) atoms. The van der Waals surface area contributed by atoms with Crippen molar-refractivity contribution in [3.63, 3.8) is 0 Å². The van der Waals surface area contributed by atoms with Crippen LogP contribution in [0.4, 0.5) is 79.0 Å². The van der Waals surface area contributed by atoms with Crippen LogP contribution in [0.25, 0.3) is 0 Å². The van der Waals surface area contributed by atoms with E-state index in [4.69, 9.17) is 0 Å². The van der Waals surface area contributed by atoms with Gasteiger partial charge < -0.3 is 19.7 Å². The van der Waals surface area contributed by atoms with E-state index >= 15 is 0 Å². The van der Waals surface area contributed by atoms with E-state index in [0.717, 1.165) is 14.1 Å². The summed E-state index contributed by atoms with van der Waals surface area (Å²) < 4.78 is 312. The number of rotatable bonds is 17. The first-order chi connectivity index (χ1) is 30.9. The van der Waals surface area contributed by atoms with E-state index in [-0.39, 0.29) is 62.0 Å². The molecule has 0 unspecified atom stereocenters. The number of hydrogen-bond acceptors (Lipinski definition) is 8. The zero-order chi connectivity index (χ0) is 54.7. The third-order valence-electron chi connectivity index (χ3n) is 8.85. The van der Waals surface area contributed by atoms with Gasteiger partial charge in [-0.3, -0.25) is 0 Å². The third-order valence-corrected chi connectivity index (χ3v) is 14.6. The second kappa shape index (κ2) is 21.6. The van der Waals surface area contributed by atoms with Crippen molar-refractivity contribution in [2.75, 3.05) is 54.4 Å². The highest BCUT2D eigenvalue weighted by Gasteiger charge is 2.42. The van der Waals surface area contributed by atoms with Gasteiger partial charge in [0.2, 0.25) is 30.1 Å². The van der Waals surface area contributed by atoms with E-state index in [1.54, 1.807) is 0 Å². The van der Waals surface area contributed by atoms with E-state index in [1.165, 1.54) is 14.1 Å². The number of hydrogen-bond donors (Lipinski definition) is 1. The average molecular weight is 1110 g/mol. The van der Waals surface area contributed by atoms with Crippen molar-refractivity contribution in [3.8, 4) is 0 Å². The molecule has 0 bridgehead atoms. The number of sulfonamides is 3. The first-order valence-electron chi connectivity index (χ1n) is 19.1. The Morgan fingerprint density at radius 2 is 0.671 bits per heavy atom. The first-order valence-corrected chi connectivity index (χ1v) is 23.9. The van der Waals surface area contributed by atoms with Crippen LogP contribution in [0, 0.1) is 10.4 Å². The number of benzene rings is 3. The fourth-order valence-corrected chi connectivity index (χ4v) is 11.0. The highest BCUT2D eigenvalue weighted by molar-refractivity contribution is 8.03. The number of hydroxylamine groups is 6. The van der Waals surface area contributed by atoms with Crippen LogP contribution in [-0.4, -0.2) is 92.6 Å². The lowest BCUT2D eigenvalue weighted by Crippen LogP contribution is -2.41. The predicted octanol–water partition coefficient (Wildman–Crippen LogP) is 9.50. The van der Waals surface area contributed by atoms with Crippen molar-refractivity contribution in [3.05, 3.63) is 115 Å². The second-order valence-electron chi connectivity index (χ2n) is 16.2. The van der Waals surface area contributed by atoms with Crippen LogP contribution in [0.15, 0.2) is 54.6 Å². The summed E-state index contributed by atoms with van der Waals surface area (Å²) in [5.41, 5.74) is -14.0. The zero-order valence-electron chi connectivity index (χ0n) is 36.2. The zero-order valence-corrected chi connectivity index (χ0v) is 38.6. The molecule has 0 saturated heterocycles. The maximum absolute atomic E-state index is 13.3. The third kappa shape index (κ3) is 20.6. The number of halogens is 18. The van der Waals surface area contributed by atoms with E-state index in [2.05, 4.69) is 4.72 Å². The molecule has 0 fully saturated rings. The minimum atomic E-state index is -5.52. The molecule has 0 aliphatic rings. The summed E-state index contributed by atoms with van der Waals surface area (Å²) in [7, 11) is -10.4. The van der Waals surface area contributed by atoms with E-state index in [1.807, 2.05) is 0 Å². The van der Waals surface area contributed by atoms with Crippen molar-refractivity contribution < 1.29 is 114 Å². The van der Waals surface area contributed by atoms with Crippen LogP contribution in [0.1, 0.15) is 62.9 Å². The molecule has 33 heteroatoms. The van der Waals surface area contributed by atoms with Gasteiger partial charge in [-0.05, 0) is 71.3 Å². The topological polar surface area (TPSA) is 164 Å². The number of nitrogens with one attached hydrogen (secondary N) is 1. The Balaban J connectivity index is 0.000000549. The summed E-state index contributed by atoms with van der Waals surface area (Å²) >= 11 is 0. The largest absolute Gasteiger partial charge is 0.633 e. The lowest BCUT2D eigenvalue weighted by molar-refractivity contribution is -0.840. The van der Waals surface area contributed by atoms with Crippen molar-refractivity contribution in [1.29, 1.82) is 0 Å². The Hall–Kier alpha value is -3.99. The van der Waals surface area contributed by atoms with Crippen LogP contribution in [0.3, 0.4) is 0 Å². The van der Waals surface area contributed by atoms with Gasteiger partial charge in [-0.1, -0.05) is 3.71 Å². The molecule has 3 aromatic rings. The molecule has 0 aromatic heterocycles. The van der Waals surface area contributed by atoms with Crippen molar-refractivity contribution in [2.45, 2.75) is 67.2 Å². The van der Waals surface area contributed by atoms with Crippen molar-refractivity contribution in [1.82, 2.24) is 8.43 Å². The highest BCUT2D eigenvalue weighted by Crippen LogP contribution is 2.40. The molecule has 0 heterocycles. The fourth-order valence-electron chi connectivity index (χ4n) is 5.86. The van der Waals surface area contributed by atoms with Crippen LogP contribution >= 0.6 is 0 Å². The van der Waals surface area contributed by atoms with Crippen molar-refractivity contribution in [2.24, 2.45) is 0 Å². The summed E-state index contributed by atoms with van der Waals surface area (Å²) in [5.74, 6) is -4.67. The number of alkyl halides is 18. The molecule has 0 saturated carbocycles. The van der Waals surface area contributed by atoms with Gasteiger partial charge in [0.25, 0.3) is 0 Å². The summed E-state index contributed by atoms with van der Waals surface area (Å²) in [6.07, 6.45) is -32.2. The molecule has 0 aliphatic heterocycles. The highest BCUT2D eigenvalue weighted by atomic mass is 32.3. The maximum atomic E-state index is 13.3. The normalized spacial score (nSPS) is 14.2. The van der Waals surface area contributed by atoms with Gasteiger partial charge in [-0.15, -0.1) is 0 Å². The van der Waals surface area contributed by atoms with Gasteiger partial charge in [0.05, 0.1) is 91.9 Å². The molecule has 0 amide bonds. The molecule has 0 radical (unpaired) electrons. The van der Waals surface area contributed by atoms with Gasteiger partial charge in [-0.25, -0.2) is 30.0 Å². The fraction of sp³-hybridized carbons (Fsp3) is 0.514. The van der Waals surface area contributed by atoms with Crippen molar-refractivity contribution >= 4 is 30.1 Å². The summed E-state index contributed by atoms with van der Waals surface area (Å²) in [6, 6.07) is -0.00387. The molecule has 0 spiro atoms. The van der Waals surface area contributed by atoms with Crippen LogP contribution < -0.4 is 4.72 Å². The molecular formula is C37H40F18N4O8S3. The SMILES string of the molecule is C[N+](C)([O-])CCCN(S(=O)(=O)Cc1cc(C(F)(F)F)cc(C(F)(F)F)c1)S(=O)(=O)Cc1cc(C(F)(F)F)cc(C(F)(F)F)c1.C[N+](C)([O-])CCCNS(=O)(=O)Cc1cc(C(F)(F)F)cc(C(F)(F)F)c1. The Morgan fingerprint density at radius 1 is 0.429 bits per heavy atom. The Kier molecular flexibility index (Phi) is 19.2. The molecule has 3 aromatic carbocycles. The minimum Gasteiger partial charge on any atom is -0.633 e. The molecule has 1 N–H and O–H groups in total. The van der Waals surface area contributed by atoms with E-state index < -0.39 is 167 Å². The molecule has 0 aliphatic carbocycles. The van der Waals surface area contributed by atoms with Gasteiger partial charge in [0.15, 0.2) is 0 Å². The van der Waals surface area contributed by atoms with Gasteiger partial charge in [0, 0.05) is 25.9 Å². The molecule has 12 nitrogen and oxygen atoms in total. The summed E-state index contributed by atoms with van der Waals surface area (Å²) in [4.78, 5) is 0. The summed E-state index contributed by atoms with van der Waals surface area (Å²) in [6.45, 7) is -1.75. The van der Waals surface area contributed by atoms with Crippen LogP contribution in [0.5, 0.6) is 0 Å². The molecule has 3 rings (SSSR count). The van der Waals surface area contributed by atoms with Gasteiger partial charge in [-0.2, -0.15) is 79.0 Å². The number of nitrogens with zero attached hydrogens (tertiary/aromatic N) is 3. The van der Waals surface area contributed by atoms with E-state index in [9.17, 15) is 115 Å². The first kappa shape index (κ1) is 62.1. The number of quaternary nitrogens is 2. The monoisotopic (exact) mass is 1110 g/mol.